The van der Waals surface area contributed by atoms with Crippen LogP contribution >= 0.6 is 0 Å². The lowest BCUT2D eigenvalue weighted by Crippen LogP contribution is -2.67. The Morgan fingerprint density at radius 1 is 1.07 bits per heavy atom. The lowest BCUT2D eigenvalue weighted by Gasteiger charge is -2.60. The van der Waals surface area contributed by atoms with Crippen LogP contribution in [-0.4, -0.2) is 89.5 Å². The number of carbonyl (C=O) groups is 1. The van der Waals surface area contributed by atoms with E-state index in [2.05, 4.69) is 15.9 Å². The van der Waals surface area contributed by atoms with Gasteiger partial charge in [0.25, 0.3) is 0 Å². The van der Waals surface area contributed by atoms with E-state index < -0.39 is 22.9 Å². The van der Waals surface area contributed by atoms with Gasteiger partial charge in [-0.1, -0.05) is 0 Å². The van der Waals surface area contributed by atoms with Gasteiger partial charge in [0.2, 0.25) is 17.5 Å². The summed E-state index contributed by atoms with van der Waals surface area (Å²) in [5.41, 5.74) is 9.57. The van der Waals surface area contributed by atoms with Gasteiger partial charge >= 0.3 is 0 Å². The van der Waals surface area contributed by atoms with Gasteiger partial charge in [-0.25, -0.2) is 0 Å². The van der Waals surface area contributed by atoms with E-state index in [0.717, 1.165) is 22.4 Å². The number of ether oxygens (including phenoxy) is 5. The van der Waals surface area contributed by atoms with Crippen LogP contribution in [0.4, 0.5) is 5.69 Å². The van der Waals surface area contributed by atoms with Crippen molar-refractivity contribution in [3.05, 3.63) is 45.7 Å². The lowest BCUT2D eigenvalue weighted by molar-refractivity contribution is -0.241. The zero-order valence-electron chi connectivity index (χ0n) is 24.5. The quantitative estimate of drug-likeness (QED) is 0.578. The summed E-state index contributed by atoms with van der Waals surface area (Å²) in [7, 11) is 9.67. The number of primary amides is 1. The number of hydrogen-bond donors (Lipinski definition) is 2. The summed E-state index contributed by atoms with van der Waals surface area (Å²) in [6.45, 7) is 5.17. The highest BCUT2D eigenvalue weighted by molar-refractivity contribution is 5.95. The molecule has 1 amide bonds. The maximum absolute atomic E-state index is 13.1. The van der Waals surface area contributed by atoms with Gasteiger partial charge in [0.05, 0.1) is 50.1 Å². The fraction of sp³-hybridized carbons (Fsp3) is 0.633. The Hall–Kier alpha value is -2.63. The summed E-state index contributed by atoms with van der Waals surface area (Å²) in [5.74, 6) is -3.02. The average molecular weight is 556 g/mol. The zero-order chi connectivity index (χ0) is 28.8. The van der Waals surface area contributed by atoms with Gasteiger partial charge in [-0.2, -0.15) is 0 Å². The average Bonchev–Trinajstić information content (AvgIpc) is 3.57. The predicted molar refractivity (Wildman–Crippen MR) is 148 cm³/mol. The number of benzene rings is 1. The van der Waals surface area contributed by atoms with E-state index >= 15 is 0 Å². The van der Waals surface area contributed by atoms with Crippen molar-refractivity contribution in [1.29, 1.82) is 0 Å². The number of nitrogens with two attached hydrogens (primary N) is 1. The molecule has 0 saturated carbocycles. The Morgan fingerprint density at radius 2 is 1.70 bits per heavy atom. The van der Waals surface area contributed by atoms with Crippen LogP contribution in [0.15, 0.2) is 34.6 Å². The van der Waals surface area contributed by atoms with Crippen molar-refractivity contribution < 1.29 is 33.6 Å². The van der Waals surface area contributed by atoms with Gasteiger partial charge in [-0.15, -0.1) is 0 Å². The van der Waals surface area contributed by atoms with E-state index in [4.69, 9.17) is 29.4 Å². The third kappa shape index (κ3) is 3.25. The van der Waals surface area contributed by atoms with Crippen molar-refractivity contribution in [2.24, 2.45) is 23.0 Å². The van der Waals surface area contributed by atoms with Crippen LogP contribution in [-0.2, 0) is 35.9 Å². The number of methoxy groups -OCH3 is 1. The topological polar surface area (TPSA) is 116 Å². The highest BCUT2D eigenvalue weighted by Crippen LogP contribution is 2.67. The molecule has 2 saturated heterocycles. The Bertz CT molecular complexity index is 1310. The fourth-order valence-corrected chi connectivity index (χ4v) is 8.56. The number of amides is 1. The van der Waals surface area contributed by atoms with E-state index in [-0.39, 0.29) is 42.4 Å². The van der Waals surface area contributed by atoms with Crippen LogP contribution in [0.1, 0.15) is 31.4 Å². The van der Waals surface area contributed by atoms with E-state index in [0.29, 0.717) is 37.4 Å². The molecule has 3 N–H and O–H groups in total. The number of rotatable bonds is 4. The molecule has 40 heavy (non-hydrogen) atoms. The first-order valence-corrected chi connectivity index (χ1v) is 14.0. The minimum absolute atomic E-state index is 0.0820. The first-order valence-electron chi connectivity index (χ1n) is 14.0. The van der Waals surface area contributed by atoms with Crippen molar-refractivity contribution in [3.8, 4) is 5.75 Å². The second kappa shape index (κ2) is 9.19. The molecule has 0 aromatic heterocycles. The van der Waals surface area contributed by atoms with Gasteiger partial charge in [0.15, 0.2) is 0 Å². The van der Waals surface area contributed by atoms with Crippen LogP contribution in [0, 0.1) is 17.3 Å². The molecule has 0 bridgehead atoms. The molecule has 6 rings (SSSR count). The number of aliphatic hydroxyl groups is 1. The second-order valence-corrected chi connectivity index (χ2v) is 12.2. The highest BCUT2D eigenvalue weighted by atomic mass is 16.7. The molecular weight excluding hydrogens is 514 g/mol. The number of aliphatic hydroxyl groups excluding tert-OH is 1. The zero-order valence-corrected chi connectivity index (χ0v) is 24.5. The van der Waals surface area contributed by atoms with Crippen molar-refractivity contribution in [2.75, 3.05) is 66.6 Å². The summed E-state index contributed by atoms with van der Waals surface area (Å²) >= 11 is 0. The first-order chi connectivity index (χ1) is 19.0. The van der Waals surface area contributed by atoms with Gasteiger partial charge < -0.3 is 44.3 Å². The largest absolute Gasteiger partial charge is 0.511 e. The fourth-order valence-electron chi connectivity index (χ4n) is 8.56. The second-order valence-electron chi connectivity index (χ2n) is 12.2. The predicted octanol–water partition coefficient (Wildman–Crippen LogP) is 2.46. The maximum Gasteiger partial charge on any atom is 0.250 e. The van der Waals surface area contributed by atoms with Crippen molar-refractivity contribution in [1.82, 2.24) is 4.90 Å². The Labute approximate surface area is 235 Å². The molecule has 0 unspecified atom stereocenters. The molecule has 10 nitrogen and oxygen atoms in total. The summed E-state index contributed by atoms with van der Waals surface area (Å²) in [5, 5.41) is 12.7. The third-order valence-electron chi connectivity index (χ3n) is 9.94. The van der Waals surface area contributed by atoms with E-state index in [1.807, 2.05) is 48.1 Å². The Balaban J connectivity index is 1.69. The van der Waals surface area contributed by atoms with Crippen LogP contribution in [0.25, 0.3) is 0 Å². The normalized spacial score (nSPS) is 31.9. The van der Waals surface area contributed by atoms with Gasteiger partial charge in [0.1, 0.15) is 11.5 Å². The molecule has 5 aliphatic rings. The number of fused-ring (bicyclic) bond motifs is 6. The van der Waals surface area contributed by atoms with Crippen LogP contribution in [0.5, 0.6) is 5.75 Å². The highest BCUT2D eigenvalue weighted by Gasteiger charge is 2.72. The molecule has 1 aromatic rings. The molecule has 2 aliphatic heterocycles. The SMILES string of the molecule is COc1ccc(N(C)C)c2c1C1(OCCO1)C1=C(O)[C@@]3(C)[C@@H](C[C@@H]1C2)[C@H](N(C)C)C(C)=C(C(N)=O)C31OCCO1. The molecule has 2 spiro atoms. The molecule has 3 aliphatic carbocycles. The van der Waals surface area contributed by atoms with Gasteiger partial charge in [-0.3, -0.25) is 4.79 Å². The smallest absolute Gasteiger partial charge is 0.250 e. The monoisotopic (exact) mass is 555 g/mol. The minimum atomic E-state index is -1.53. The minimum Gasteiger partial charge on any atom is -0.511 e. The van der Waals surface area contributed by atoms with Gasteiger partial charge in [-0.05, 0) is 75.9 Å². The molecule has 10 heteroatoms. The molecule has 1 aromatic carbocycles. The molecule has 0 radical (unpaired) electrons. The van der Waals surface area contributed by atoms with Crippen molar-refractivity contribution in [3.63, 3.8) is 0 Å². The summed E-state index contributed by atoms with van der Waals surface area (Å²) in [6.07, 6.45) is 1.36. The molecule has 2 fully saturated rings. The summed E-state index contributed by atoms with van der Waals surface area (Å²) < 4.78 is 31.7. The Kier molecular flexibility index (Phi) is 6.33. The molecular formula is C30H41N3O7. The molecule has 4 atom stereocenters. The van der Waals surface area contributed by atoms with Crippen LogP contribution < -0.4 is 15.4 Å². The number of likely N-dealkylation sites (N-methyl/N-ethyl adjacent to an activating group) is 1. The van der Waals surface area contributed by atoms with Crippen molar-refractivity contribution >= 4 is 11.6 Å². The number of carbonyl (C=O) groups excluding carboxylic acids is 1. The summed E-state index contributed by atoms with van der Waals surface area (Å²) in [6, 6.07) is 3.81. The van der Waals surface area contributed by atoms with E-state index in [1.165, 1.54) is 0 Å². The van der Waals surface area contributed by atoms with E-state index in [1.54, 1.807) is 7.11 Å². The van der Waals surface area contributed by atoms with E-state index in [9.17, 15) is 9.90 Å². The standard InChI is InChI=1S/C30H41N3O7/c1-16-22(27(31)35)30(39-12-13-40-30)28(2)19(25(16)33(5)6)15-17-14-18-20(32(3)4)8-9-21(36-7)24(18)29(23(17)26(28)34)37-10-11-38-29/h8-9,17,19,25,34H,10-15H2,1-7H3,(H2,31,35)/t17-,19-,25+,28+/m0/s1. The summed E-state index contributed by atoms with van der Waals surface area (Å²) in [4.78, 5) is 17.3. The van der Waals surface area contributed by atoms with Gasteiger partial charge in [0, 0.05) is 31.4 Å². The van der Waals surface area contributed by atoms with Crippen LogP contribution in [0.3, 0.4) is 0 Å². The third-order valence-corrected chi connectivity index (χ3v) is 9.94. The number of hydrogen-bond acceptors (Lipinski definition) is 9. The maximum atomic E-state index is 13.1. The van der Waals surface area contributed by atoms with Crippen molar-refractivity contribution in [2.45, 2.75) is 44.3 Å². The molecule has 2 heterocycles. The Morgan fingerprint density at radius 3 is 2.25 bits per heavy atom. The molecule has 218 valence electrons. The van der Waals surface area contributed by atoms with Crippen LogP contribution in [0.2, 0.25) is 0 Å². The first kappa shape index (κ1) is 27.5. The number of nitrogens with zero attached hydrogens (tertiary/aromatic N) is 2. The lowest BCUT2D eigenvalue weighted by atomic mass is 9.50. The number of anilines is 1.